The lowest BCUT2D eigenvalue weighted by molar-refractivity contribution is -0.176. The number of benzene rings is 2. The van der Waals surface area contributed by atoms with Crippen LogP contribution in [0.1, 0.15) is 18.1 Å². The van der Waals surface area contributed by atoms with Gasteiger partial charge in [0, 0.05) is 25.3 Å². The van der Waals surface area contributed by atoms with E-state index in [9.17, 15) is 13.2 Å². The summed E-state index contributed by atoms with van der Waals surface area (Å²) >= 11 is 0. The smallest absolute Gasteiger partial charge is 0.411 e. The molecule has 2 N–H and O–H groups in total. The number of nitrogens with one attached hydrogen (secondary N) is 2. The zero-order valence-corrected chi connectivity index (χ0v) is 19.9. The van der Waals surface area contributed by atoms with E-state index in [-0.39, 0.29) is 30.6 Å². The van der Waals surface area contributed by atoms with Crippen LogP contribution in [0.5, 0.6) is 11.5 Å². The summed E-state index contributed by atoms with van der Waals surface area (Å²) in [5.74, 6) is 1.83. The van der Waals surface area contributed by atoms with E-state index in [1.807, 2.05) is 37.3 Å². The largest absolute Gasteiger partial charge is 0.493 e. The molecule has 2 aromatic rings. The summed E-state index contributed by atoms with van der Waals surface area (Å²) in [4.78, 5) is 4.19. The van der Waals surface area contributed by atoms with E-state index >= 15 is 0 Å². The Balaban J connectivity index is 0.00000480. The second-order valence-electron chi connectivity index (χ2n) is 6.27. The predicted octanol–water partition coefficient (Wildman–Crippen LogP) is 4.98. The Morgan fingerprint density at radius 1 is 1.03 bits per heavy atom. The first-order chi connectivity index (χ1) is 14.3. The maximum Gasteiger partial charge on any atom is 0.411 e. The molecular weight excluding hydrogens is 526 g/mol. The predicted molar refractivity (Wildman–Crippen MR) is 126 cm³/mol. The van der Waals surface area contributed by atoms with Crippen molar-refractivity contribution in [2.45, 2.75) is 26.3 Å². The maximum atomic E-state index is 12.1. The number of alkyl halides is 3. The molecule has 0 spiro atoms. The van der Waals surface area contributed by atoms with Crippen LogP contribution in [0.15, 0.2) is 47.5 Å². The fourth-order valence-corrected chi connectivity index (χ4v) is 2.56. The van der Waals surface area contributed by atoms with Gasteiger partial charge in [0.15, 0.2) is 17.5 Å². The van der Waals surface area contributed by atoms with Gasteiger partial charge in [0.2, 0.25) is 0 Å². The van der Waals surface area contributed by atoms with Crippen molar-refractivity contribution in [3.05, 3.63) is 53.6 Å². The molecule has 172 valence electrons. The number of methoxy groups -OCH3 is 1. The van der Waals surface area contributed by atoms with Crippen LogP contribution in [0.4, 0.5) is 18.9 Å². The van der Waals surface area contributed by atoms with Crippen molar-refractivity contribution in [3.63, 3.8) is 0 Å². The average Bonchev–Trinajstić information content (AvgIpc) is 2.72. The van der Waals surface area contributed by atoms with Crippen molar-refractivity contribution in [2.75, 3.05) is 32.7 Å². The second-order valence-corrected chi connectivity index (χ2v) is 6.27. The van der Waals surface area contributed by atoms with E-state index in [0.717, 1.165) is 11.3 Å². The van der Waals surface area contributed by atoms with Gasteiger partial charge in [-0.2, -0.15) is 13.2 Å². The van der Waals surface area contributed by atoms with Gasteiger partial charge in [-0.15, -0.1) is 24.0 Å². The summed E-state index contributed by atoms with van der Waals surface area (Å²) in [5.41, 5.74) is 2.40. The summed E-state index contributed by atoms with van der Waals surface area (Å²) in [5, 5.41) is 6.35. The van der Waals surface area contributed by atoms with Crippen molar-refractivity contribution in [1.29, 1.82) is 0 Å². The topological polar surface area (TPSA) is 64.1 Å². The fourth-order valence-electron chi connectivity index (χ4n) is 2.56. The summed E-state index contributed by atoms with van der Waals surface area (Å²) < 4.78 is 51.9. The van der Waals surface area contributed by atoms with Gasteiger partial charge < -0.3 is 24.8 Å². The molecule has 0 saturated carbocycles. The highest BCUT2D eigenvalue weighted by Gasteiger charge is 2.27. The highest BCUT2D eigenvalue weighted by molar-refractivity contribution is 14.0. The number of rotatable bonds is 9. The molecule has 0 saturated heterocycles. The van der Waals surface area contributed by atoms with Crippen LogP contribution in [0, 0.1) is 0 Å². The molecular formula is C21H27F3IN3O3. The third-order valence-electron chi connectivity index (χ3n) is 3.97. The minimum atomic E-state index is -4.32. The number of guanidine groups is 1. The van der Waals surface area contributed by atoms with E-state index in [2.05, 4.69) is 20.4 Å². The van der Waals surface area contributed by atoms with Gasteiger partial charge in [-0.05, 0) is 30.2 Å². The lowest BCUT2D eigenvalue weighted by Gasteiger charge is -2.15. The van der Waals surface area contributed by atoms with Crippen LogP contribution in [0.3, 0.4) is 0 Å². The third-order valence-corrected chi connectivity index (χ3v) is 3.97. The Hall–Kier alpha value is -2.21. The van der Waals surface area contributed by atoms with Crippen LogP contribution in [0.25, 0.3) is 0 Å². The molecule has 0 heterocycles. The van der Waals surface area contributed by atoms with Crippen molar-refractivity contribution >= 4 is 35.6 Å². The van der Waals surface area contributed by atoms with Crippen molar-refractivity contribution < 1.29 is 27.4 Å². The monoisotopic (exact) mass is 553 g/mol. The fraction of sp³-hybridized carbons (Fsp3) is 0.381. The molecule has 0 unspecified atom stereocenters. The molecule has 0 amide bonds. The number of ether oxygens (including phenoxy) is 3. The lowest BCUT2D eigenvalue weighted by atomic mass is 10.1. The first-order valence-corrected chi connectivity index (χ1v) is 9.35. The molecule has 2 rings (SSSR count). The van der Waals surface area contributed by atoms with Gasteiger partial charge in [-0.1, -0.05) is 24.3 Å². The Morgan fingerprint density at radius 3 is 2.29 bits per heavy atom. The number of anilines is 1. The average molecular weight is 553 g/mol. The van der Waals surface area contributed by atoms with E-state index < -0.39 is 12.8 Å². The highest BCUT2D eigenvalue weighted by Crippen LogP contribution is 2.30. The molecule has 31 heavy (non-hydrogen) atoms. The van der Waals surface area contributed by atoms with Gasteiger partial charge in [0.1, 0.15) is 6.61 Å². The van der Waals surface area contributed by atoms with Gasteiger partial charge >= 0.3 is 6.18 Å². The molecule has 0 aliphatic carbocycles. The number of hydrogen-bond donors (Lipinski definition) is 2. The van der Waals surface area contributed by atoms with Crippen LogP contribution in [-0.2, 0) is 17.9 Å². The van der Waals surface area contributed by atoms with E-state index in [1.54, 1.807) is 26.3 Å². The van der Waals surface area contributed by atoms with Crippen LogP contribution in [0.2, 0.25) is 0 Å². The summed E-state index contributed by atoms with van der Waals surface area (Å²) in [6, 6.07) is 12.6. The Kier molecular flexibility index (Phi) is 11.5. The molecule has 0 aromatic heterocycles. The SMILES string of the molecule is CCOc1ccc(NC(=NC)NCc2ccc(COCC(F)(F)F)cc2)cc1OC.I. The van der Waals surface area contributed by atoms with Crippen molar-refractivity contribution in [3.8, 4) is 11.5 Å². The van der Waals surface area contributed by atoms with Gasteiger partial charge in [-0.3, -0.25) is 4.99 Å². The zero-order chi connectivity index (χ0) is 22.0. The Morgan fingerprint density at radius 2 is 1.71 bits per heavy atom. The molecule has 0 radical (unpaired) electrons. The number of hydrogen-bond acceptors (Lipinski definition) is 4. The van der Waals surface area contributed by atoms with Crippen molar-refractivity contribution in [2.24, 2.45) is 4.99 Å². The number of nitrogens with zero attached hydrogens (tertiary/aromatic N) is 1. The van der Waals surface area contributed by atoms with Gasteiger partial charge in [0.25, 0.3) is 0 Å². The summed E-state index contributed by atoms with van der Waals surface area (Å²) in [6.45, 7) is 1.58. The Bertz CT molecular complexity index is 831. The molecule has 2 aromatic carbocycles. The van der Waals surface area contributed by atoms with Crippen LogP contribution >= 0.6 is 24.0 Å². The first-order valence-electron chi connectivity index (χ1n) is 9.35. The maximum absolute atomic E-state index is 12.1. The van der Waals surface area contributed by atoms with Crippen molar-refractivity contribution in [1.82, 2.24) is 5.32 Å². The normalized spacial score (nSPS) is 11.5. The lowest BCUT2D eigenvalue weighted by Crippen LogP contribution is -2.30. The standard InChI is InChI=1S/C21H26F3N3O3.HI/c1-4-30-18-10-9-17(11-19(18)28-3)27-20(25-2)26-12-15-5-7-16(8-6-15)13-29-14-21(22,23)24;/h5-11H,4,12-14H2,1-3H3,(H2,25,26,27);1H. The minimum Gasteiger partial charge on any atom is -0.493 e. The Labute approximate surface area is 197 Å². The van der Waals surface area contributed by atoms with Gasteiger partial charge in [-0.25, -0.2) is 0 Å². The van der Waals surface area contributed by atoms with Crippen LogP contribution in [-0.4, -0.2) is 39.5 Å². The van der Waals surface area contributed by atoms with E-state index in [0.29, 0.717) is 36.2 Å². The zero-order valence-electron chi connectivity index (χ0n) is 17.6. The third kappa shape index (κ3) is 9.64. The first kappa shape index (κ1) is 26.8. The number of halogens is 4. The molecule has 0 aliphatic heterocycles. The highest BCUT2D eigenvalue weighted by atomic mass is 127. The van der Waals surface area contributed by atoms with Gasteiger partial charge in [0.05, 0.1) is 20.3 Å². The van der Waals surface area contributed by atoms with E-state index in [4.69, 9.17) is 9.47 Å². The molecule has 0 fully saturated rings. The molecule has 10 heteroatoms. The molecule has 0 bridgehead atoms. The second kappa shape index (κ2) is 13.3. The molecule has 0 atom stereocenters. The number of aliphatic imine (C=N–C) groups is 1. The summed E-state index contributed by atoms with van der Waals surface area (Å²) in [6.07, 6.45) is -4.32. The molecule has 0 aliphatic rings. The minimum absolute atomic E-state index is 0. The summed E-state index contributed by atoms with van der Waals surface area (Å²) in [7, 11) is 3.23. The molecule has 6 nitrogen and oxygen atoms in total. The van der Waals surface area contributed by atoms with E-state index in [1.165, 1.54) is 0 Å². The van der Waals surface area contributed by atoms with Crippen LogP contribution < -0.4 is 20.1 Å². The quantitative estimate of drug-likeness (QED) is 0.261.